The molecule has 94 valence electrons. The molecule has 1 rings (SSSR count). The molecule has 1 amide bonds. The van der Waals surface area contributed by atoms with E-state index in [1.165, 1.54) is 11.3 Å². The molecule has 0 bridgehead atoms. The highest BCUT2D eigenvalue weighted by atomic mass is 32.1. The second kappa shape index (κ2) is 4.83. The largest absolute Gasteiger partial charge is 0.444 e. The van der Waals surface area contributed by atoms with Crippen molar-refractivity contribution in [1.82, 2.24) is 10.3 Å². The van der Waals surface area contributed by atoms with Gasteiger partial charge in [0.05, 0.1) is 11.2 Å². The molecule has 0 aromatic carbocycles. The molecule has 0 saturated heterocycles. The first kappa shape index (κ1) is 13.6. The van der Waals surface area contributed by atoms with E-state index in [0.29, 0.717) is 12.0 Å². The molecule has 0 spiro atoms. The first-order valence-electron chi connectivity index (χ1n) is 5.13. The fourth-order valence-corrected chi connectivity index (χ4v) is 1.81. The fourth-order valence-electron chi connectivity index (χ4n) is 1.14. The summed E-state index contributed by atoms with van der Waals surface area (Å²) in [4.78, 5) is 26.8. The quantitative estimate of drug-likeness (QED) is 0.841. The van der Waals surface area contributed by atoms with Gasteiger partial charge in [-0.15, -0.1) is 11.3 Å². The summed E-state index contributed by atoms with van der Waals surface area (Å²) in [6, 6.07) is 0. The Hall–Kier alpha value is -1.43. The Morgan fingerprint density at radius 1 is 1.47 bits per heavy atom. The van der Waals surface area contributed by atoms with Crippen LogP contribution in [0.4, 0.5) is 4.79 Å². The molecule has 1 aromatic heterocycles. The second-order valence-corrected chi connectivity index (χ2v) is 5.54. The van der Waals surface area contributed by atoms with Crippen LogP contribution in [0, 0.1) is 0 Å². The molecule has 17 heavy (non-hydrogen) atoms. The lowest BCUT2D eigenvalue weighted by Crippen LogP contribution is -2.47. The number of aldehydes is 1. The Morgan fingerprint density at radius 3 is 2.53 bits per heavy atom. The number of rotatable bonds is 3. The van der Waals surface area contributed by atoms with Gasteiger partial charge >= 0.3 is 6.09 Å². The summed E-state index contributed by atoms with van der Waals surface area (Å²) >= 11 is 1.36. The Labute approximate surface area is 104 Å². The topological polar surface area (TPSA) is 68.3 Å². The summed E-state index contributed by atoms with van der Waals surface area (Å²) in [7, 11) is 0. The van der Waals surface area contributed by atoms with Crippen molar-refractivity contribution in [3.8, 4) is 0 Å². The van der Waals surface area contributed by atoms with Crippen molar-refractivity contribution in [2.24, 2.45) is 0 Å². The number of aromatic nitrogens is 1. The zero-order chi connectivity index (χ0) is 13.1. The van der Waals surface area contributed by atoms with Gasteiger partial charge in [0.15, 0.2) is 6.29 Å². The van der Waals surface area contributed by atoms with Gasteiger partial charge in [-0.25, -0.2) is 9.78 Å². The van der Waals surface area contributed by atoms with Gasteiger partial charge in [0, 0.05) is 5.38 Å². The first-order valence-corrected chi connectivity index (χ1v) is 6.07. The van der Waals surface area contributed by atoms with E-state index in [4.69, 9.17) is 4.74 Å². The number of carbonyl (C=O) groups is 2. The van der Waals surface area contributed by atoms with Crippen LogP contribution < -0.4 is 5.32 Å². The molecular weight excluding hydrogens is 240 g/mol. The lowest BCUT2D eigenvalue weighted by atomic mass is 10.0. The molecule has 1 heterocycles. The van der Waals surface area contributed by atoms with Gasteiger partial charge in [-0.3, -0.25) is 0 Å². The maximum absolute atomic E-state index is 11.6. The molecule has 6 heteroatoms. The van der Waals surface area contributed by atoms with Crippen molar-refractivity contribution in [1.29, 1.82) is 0 Å². The molecule has 1 aromatic rings. The average Bonchev–Trinajstić information content (AvgIpc) is 2.67. The minimum absolute atomic E-state index is 0.503. The Bertz CT molecular complexity index is 397. The van der Waals surface area contributed by atoms with Gasteiger partial charge < -0.3 is 14.8 Å². The maximum Gasteiger partial charge on any atom is 0.408 e. The molecule has 1 N–H and O–H groups in total. The normalized spacial score (nSPS) is 14.8. The molecule has 1 unspecified atom stereocenters. The minimum atomic E-state index is -1.15. The van der Waals surface area contributed by atoms with Crippen LogP contribution in [0.1, 0.15) is 33.4 Å². The lowest BCUT2D eigenvalue weighted by Gasteiger charge is -2.26. The molecule has 5 nitrogen and oxygen atoms in total. The lowest BCUT2D eigenvalue weighted by molar-refractivity contribution is -0.113. The van der Waals surface area contributed by atoms with Crippen molar-refractivity contribution < 1.29 is 14.3 Å². The summed E-state index contributed by atoms with van der Waals surface area (Å²) in [5, 5.41) is 4.23. The van der Waals surface area contributed by atoms with Gasteiger partial charge in [-0.1, -0.05) is 0 Å². The van der Waals surface area contributed by atoms with Crippen molar-refractivity contribution in [2.45, 2.75) is 38.8 Å². The van der Waals surface area contributed by atoms with E-state index in [9.17, 15) is 9.59 Å². The highest BCUT2D eigenvalue weighted by Gasteiger charge is 2.32. The third kappa shape index (κ3) is 3.81. The number of carbonyl (C=O) groups excluding carboxylic acids is 2. The Morgan fingerprint density at radius 2 is 2.12 bits per heavy atom. The number of ether oxygens (including phenoxy) is 1. The Kier molecular flexibility index (Phi) is 3.87. The van der Waals surface area contributed by atoms with E-state index in [1.807, 2.05) is 0 Å². The van der Waals surface area contributed by atoms with Crippen LogP contribution in [0.15, 0.2) is 10.9 Å². The number of alkyl carbamates (subject to hydrolysis) is 1. The summed E-state index contributed by atoms with van der Waals surface area (Å²) in [5.74, 6) is 0. The van der Waals surface area contributed by atoms with Crippen LogP contribution in [0.25, 0.3) is 0 Å². The van der Waals surface area contributed by atoms with E-state index >= 15 is 0 Å². The summed E-state index contributed by atoms with van der Waals surface area (Å²) in [6.07, 6.45) is 0.00602. The molecule has 0 aliphatic carbocycles. The van der Waals surface area contributed by atoms with Gasteiger partial charge in [0.1, 0.15) is 11.1 Å². The molecule has 0 aliphatic heterocycles. The second-order valence-electron chi connectivity index (χ2n) is 4.82. The van der Waals surface area contributed by atoms with Crippen LogP contribution in [-0.2, 0) is 15.1 Å². The first-order chi connectivity index (χ1) is 7.77. The van der Waals surface area contributed by atoms with Gasteiger partial charge in [-0.2, -0.15) is 0 Å². The van der Waals surface area contributed by atoms with Crippen LogP contribution >= 0.6 is 11.3 Å². The van der Waals surface area contributed by atoms with Crippen LogP contribution in [0.2, 0.25) is 0 Å². The third-order valence-electron chi connectivity index (χ3n) is 1.96. The Balaban J connectivity index is 2.77. The number of thiazole rings is 1. The van der Waals surface area contributed by atoms with Crippen molar-refractivity contribution in [3.63, 3.8) is 0 Å². The van der Waals surface area contributed by atoms with Gasteiger partial charge in [-0.05, 0) is 27.7 Å². The van der Waals surface area contributed by atoms with E-state index < -0.39 is 17.2 Å². The summed E-state index contributed by atoms with van der Waals surface area (Å²) in [6.45, 7) is 6.86. The highest BCUT2D eigenvalue weighted by molar-refractivity contribution is 7.07. The third-order valence-corrected chi connectivity index (χ3v) is 2.55. The predicted molar refractivity (Wildman–Crippen MR) is 64.9 cm³/mol. The smallest absolute Gasteiger partial charge is 0.408 e. The predicted octanol–water partition coefficient (Wildman–Crippen LogP) is 2.08. The van der Waals surface area contributed by atoms with Gasteiger partial charge in [0.25, 0.3) is 0 Å². The van der Waals surface area contributed by atoms with Gasteiger partial charge in [0.2, 0.25) is 0 Å². The average molecular weight is 256 g/mol. The molecular formula is C11H16N2O3S. The van der Waals surface area contributed by atoms with E-state index in [0.717, 1.165) is 0 Å². The number of amides is 1. The zero-order valence-electron chi connectivity index (χ0n) is 10.3. The molecule has 0 aliphatic rings. The zero-order valence-corrected chi connectivity index (χ0v) is 11.1. The minimum Gasteiger partial charge on any atom is -0.444 e. The standard InChI is InChI=1S/C11H16N2O3S/c1-10(2,3)16-9(15)13-11(4,6-14)8-5-17-7-12-8/h5-7H,1-4H3,(H,13,15). The summed E-state index contributed by atoms with van der Waals surface area (Å²) in [5.41, 5.74) is 0.356. The van der Waals surface area contributed by atoms with E-state index in [2.05, 4.69) is 10.3 Å². The van der Waals surface area contributed by atoms with Crippen LogP contribution in [0.3, 0.4) is 0 Å². The summed E-state index contributed by atoms with van der Waals surface area (Å²) < 4.78 is 5.10. The van der Waals surface area contributed by atoms with Crippen LogP contribution in [0.5, 0.6) is 0 Å². The van der Waals surface area contributed by atoms with Crippen molar-refractivity contribution in [2.75, 3.05) is 0 Å². The highest BCUT2D eigenvalue weighted by Crippen LogP contribution is 2.19. The van der Waals surface area contributed by atoms with E-state index in [1.54, 1.807) is 38.6 Å². The molecule has 1 atom stereocenters. The number of nitrogens with zero attached hydrogens (tertiary/aromatic N) is 1. The molecule has 0 fully saturated rings. The van der Waals surface area contributed by atoms with Crippen LogP contribution in [-0.4, -0.2) is 23.0 Å². The number of nitrogens with one attached hydrogen (secondary N) is 1. The number of hydrogen-bond acceptors (Lipinski definition) is 5. The SMILES string of the molecule is CC(C)(C)OC(=O)NC(C)(C=O)c1cscn1. The molecule has 0 saturated carbocycles. The maximum atomic E-state index is 11.6. The van der Waals surface area contributed by atoms with Crippen molar-refractivity contribution in [3.05, 3.63) is 16.6 Å². The fraction of sp³-hybridized carbons (Fsp3) is 0.545. The molecule has 0 radical (unpaired) electrons. The van der Waals surface area contributed by atoms with E-state index in [-0.39, 0.29) is 0 Å². The van der Waals surface area contributed by atoms with Crippen molar-refractivity contribution >= 4 is 23.7 Å². The monoisotopic (exact) mass is 256 g/mol. The number of hydrogen-bond donors (Lipinski definition) is 1.